The summed E-state index contributed by atoms with van der Waals surface area (Å²) in [5.41, 5.74) is -0.524. The van der Waals surface area contributed by atoms with E-state index in [0.717, 1.165) is 12.8 Å². The van der Waals surface area contributed by atoms with Crippen molar-refractivity contribution in [2.24, 2.45) is 10.8 Å². The number of Topliss-reactive ketones (excluding diaryl/α,β-unsaturated/α-hetero) is 1. The van der Waals surface area contributed by atoms with E-state index in [1.54, 1.807) is 0 Å². The monoisotopic (exact) mass is 368 g/mol. The van der Waals surface area contributed by atoms with Gasteiger partial charge in [0.15, 0.2) is 0 Å². The van der Waals surface area contributed by atoms with Gasteiger partial charge >= 0.3 is 16.4 Å². The second-order valence-corrected chi connectivity index (χ2v) is 10.1. The first-order chi connectivity index (χ1) is 10.7. The summed E-state index contributed by atoms with van der Waals surface area (Å²) < 4.78 is 39.5. The van der Waals surface area contributed by atoms with E-state index in [-0.39, 0.29) is 24.4 Å². The molecule has 0 N–H and O–H groups in total. The van der Waals surface area contributed by atoms with Crippen molar-refractivity contribution in [1.29, 1.82) is 0 Å². The van der Waals surface area contributed by atoms with Gasteiger partial charge in [0.2, 0.25) is 0 Å². The normalized spacial score (nSPS) is 41.7. The second-order valence-electron chi connectivity index (χ2n) is 7.10. The Morgan fingerprint density at radius 3 is 2.17 bits per heavy atom. The maximum atomic E-state index is 12.5. The number of carbonyl (C=O) groups is 1. The Morgan fingerprint density at radius 1 is 1.13 bits per heavy atom. The molecule has 0 spiro atoms. The highest BCUT2D eigenvalue weighted by molar-refractivity contribution is 7.59. The standard InChI is InChI=1S/C14H26O7P2/c1-5-6-13(3)8-17-22(18-9-13)21-23(16)19-10-14(4,11-20-23)7-12(2)15/h5-11H2,1-4H3. The number of phosphoric ester groups is 1. The maximum absolute atomic E-state index is 12.5. The van der Waals surface area contributed by atoms with Crippen LogP contribution < -0.4 is 0 Å². The fourth-order valence-corrected chi connectivity index (χ4v) is 6.00. The predicted octanol–water partition coefficient (Wildman–Crippen LogP) is 4.22. The van der Waals surface area contributed by atoms with Crippen molar-refractivity contribution in [3.63, 3.8) is 0 Å². The Balaban J connectivity index is 1.83. The third kappa shape index (κ3) is 5.57. The molecule has 0 aromatic rings. The summed E-state index contributed by atoms with van der Waals surface area (Å²) in [6.45, 7) is 8.83. The van der Waals surface area contributed by atoms with Crippen LogP contribution in [0.5, 0.6) is 0 Å². The van der Waals surface area contributed by atoms with Gasteiger partial charge in [-0.25, -0.2) is 8.88 Å². The number of carbonyl (C=O) groups excluding carboxylic acids is 1. The molecule has 0 aromatic heterocycles. The van der Waals surface area contributed by atoms with Gasteiger partial charge in [-0.1, -0.05) is 27.2 Å². The zero-order valence-corrected chi connectivity index (χ0v) is 16.0. The fraction of sp³-hybridized carbons (Fsp3) is 0.929. The molecule has 2 rings (SSSR count). The molecular weight excluding hydrogens is 342 g/mol. The molecule has 2 fully saturated rings. The second kappa shape index (κ2) is 7.57. The van der Waals surface area contributed by atoms with Gasteiger partial charge in [0.25, 0.3) is 0 Å². The molecule has 0 saturated carbocycles. The largest absolute Gasteiger partial charge is 0.481 e. The lowest BCUT2D eigenvalue weighted by Gasteiger charge is -2.38. The van der Waals surface area contributed by atoms with E-state index >= 15 is 0 Å². The minimum Gasteiger partial charge on any atom is -0.311 e. The quantitative estimate of drug-likeness (QED) is 0.649. The molecule has 0 unspecified atom stereocenters. The number of rotatable bonds is 6. The van der Waals surface area contributed by atoms with Gasteiger partial charge in [0.05, 0.1) is 26.4 Å². The van der Waals surface area contributed by atoms with E-state index in [1.165, 1.54) is 6.92 Å². The van der Waals surface area contributed by atoms with E-state index in [9.17, 15) is 9.36 Å². The first-order valence-electron chi connectivity index (χ1n) is 7.82. The number of ketones is 1. The van der Waals surface area contributed by atoms with Crippen LogP contribution in [-0.2, 0) is 31.8 Å². The lowest BCUT2D eigenvalue weighted by Crippen LogP contribution is -2.35. The molecule has 7 nitrogen and oxygen atoms in total. The minimum absolute atomic E-state index is 0.0379. The average molecular weight is 368 g/mol. The van der Waals surface area contributed by atoms with Crippen molar-refractivity contribution in [3.8, 4) is 0 Å². The molecule has 134 valence electrons. The first-order valence-corrected chi connectivity index (χ1v) is 10.4. The Hall–Kier alpha value is 0.130. The van der Waals surface area contributed by atoms with Crippen LogP contribution in [-0.4, -0.2) is 32.2 Å². The molecule has 0 amide bonds. The Kier molecular flexibility index (Phi) is 6.40. The lowest BCUT2D eigenvalue weighted by atomic mass is 9.87. The van der Waals surface area contributed by atoms with Crippen LogP contribution in [0.15, 0.2) is 0 Å². The summed E-state index contributed by atoms with van der Waals surface area (Å²) in [5, 5.41) is 0. The zero-order valence-electron chi connectivity index (χ0n) is 14.2. The number of hydrogen-bond acceptors (Lipinski definition) is 7. The Labute approximate surface area is 139 Å². The third-order valence-electron chi connectivity index (χ3n) is 3.88. The predicted molar refractivity (Wildman–Crippen MR) is 85.8 cm³/mol. The molecule has 0 aromatic carbocycles. The molecule has 2 heterocycles. The van der Waals surface area contributed by atoms with Crippen molar-refractivity contribution >= 4 is 22.2 Å². The molecule has 2 saturated heterocycles. The smallest absolute Gasteiger partial charge is 0.311 e. The summed E-state index contributed by atoms with van der Waals surface area (Å²) in [4.78, 5) is 11.3. The third-order valence-corrected chi connectivity index (χ3v) is 6.78. The highest BCUT2D eigenvalue weighted by atomic mass is 31.3. The van der Waals surface area contributed by atoms with Gasteiger partial charge in [0, 0.05) is 17.3 Å². The molecule has 2 aliphatic heterocycles. The lowest BCUT2D eigenvalue weighted by molar-refractivity contribution is -0.121. The van der Waals surface area contributed by atoms with Crippen LogP contribution >= 0.6 is 16.4 Å². The summed E-state index contributed by atoms with van der Waals surface area (Å²) in [6, 6.07) is 0. The van der Waals surface area contributed by atoms with E-state index in [4.69, 9.17) is 22.4 Å². The molecule has 0 aliphatic carbocycles. The van der Waals surface area contributed by atoms with Gasteiger partial charge < -0.3 is 13.8 Å². The van der Waals surface area contributed by atoms with E-state index in [2.05, 4.69) is 13.8 Å². The molecule has 2 aliphatic rings. The van der Waals surface area contributed by atoms with Gasteiger partial charge in [-0.3, -0.25) is 9.05 Å². The van der Waals surface area contributed by atoms with Crippen LogP contribution in [0.3, 0.4) is 0 Å². The maximum Gasteiger partial charge on any atom is 0.481 e. The molecule has 0 bridgehead atoms. The summed E-state index contributed by atoms with van der Waals surface area (Å²) in [6.07, 6.45) is 2.34. The Morgan fingerprint density at radius 2 is 1.70 bits per heavy atom. The van der Waals surface area contributed by atoms with E-state index in [1.807, 2.05) is 6.92 Å². The number of phosphoric acid groups is 1. The van der Waals surface area contributed by atoms with Crippen molar-refractivity contribution in [3.05, 3.63) is 0 Å². The van der Waals surface area contributed by atoms with Gasteiger partial charge in [0.1, 0.15) is 5.78 Å². The summed E-state index contributed by atoms with van der Waals surface area (Å²) in [7, 11) is -5.43. The highest BCUT2D eigenvalue weighted by Gasteiger charge is 2.45. The number of hydrogen-bond donors (Lipinski definition) is 0. The molecule has 0 radical (unpaired) electrons. The first kappa shape index (κ1) is 19.5. The molecule has 23 heavy (non-hydrogen) atoms. The van der Waals surface area contributed by atoms with Crippen molar-refractivity contribution in [2.75, 3.05) is 26.4 Å². The van der Waals surface area contributed by atoms with Crippen molar-refractivity contribution in [2.45, 2.75) is 47.0 Å². The van der Waals surface area contributed by atoms with Crippen molar-refractivity contribution < 1.29 is 31.8 Å². The highest BCUT2D eigenvalue weighted by Crippen LogP contribution is 2.65. The van der Waals surface area contributed by atoms with Crippen molar-refractivity contribution in [1.82, 2.24) is 0 Å². The molecular formula is C14H26O7P2. The Bertz CT molecular complexity index is 462. The molecule has 0 atom stereocenters. The van der Waals surface area contributed by atoms with Crippen LogP contribution in [0.25, 0.3) is 0 Å². The minimum atomic E-state index is -3.69. The van der Waals surface area contributed by atoms with Crippen LogP contribution in [0, 0.1) is 10.8 Å². The SMILES string of the molecule is CCCC1(C)COP(OP2(=O)OCC(C)(CC(C)=O)CO2)OC1. The average Bonchev–Trinajstić information content (AvgIpc) is 2.45. The van der Waals surface area contributed by atoms with Gasteiger partial charge in [-0.05, 0) is 13.3 Å². The van der Waals surface area contributed by atoms with Gasteiger partial charge in [-0.2, -0.15) is 0 Å². The summed E-state index contributed by atoms with van der Waals surface area (Å²) >= 11 is 0. The van der Waals surface area contributed by atoms with Crippen LogP contribution in [0.2, 0.25) is 0 Å². The van der Waals surface area contributed by atoms with Crippen LogP contribution in [0.1, 0.15) is 47.0 Å². The summed E-state index contributed by atoms with van der Waals surface area (Å²) in [5.74, 6) is 0.0379. The van der Waals surface area contributed by atoms with E-state index < -0.39 is 21.8 Å². The zero-order chi connectivity index (χ0) is 17.1. The van der Waals surface area contributed by atoms with Gasteiger partial charge in [-0.15, -0.1) is 0 Å². The topological polar surface area (TPSA) is 80.3 Å². The molecule has 9 heteroatoms. The van der Waals surface area contributed by atoms with Crippen LogP contribution in [0.4, 0.5) is 0 Å². The fourth-order valence-electron chi connectivity index (χ4n) is 2.67. The van der Waals surface area contributed by atoms with E-state index in [0.29, 0.717) is 19.6 Å².